The number of ether oxygens (including phenoxy) is 1. The Morgan fingerprint density at radius 3 is 2.57 bits per heavy atom. The normalized spacial score (nSPS) is 13.2. The van der Waals surface area contributed by atoms with E-state index in [4.69, 9.17) is 4.74 Å². The Balaban J connectivity index is 2.08. The second-order valence-corrected chi connectivity index (χ2v) is 5.04. The number of nitrogens with zero attached hydrogens (tertiary/aromatic N) is 1. The summed E-state index contributed by atoms with van der Waals surface area (Å²) in [6.45, 7) is -0.0135. The number of carboxylic acids is 1. The zero-order valence-corrected chi connectivity index (χ0v) is 12.3. The minimum atomic E-state index is -1.08. The van der Waals surface area contributed by atoms with Crippen molar-refractivity contribution in [3.05, 3.63) is 59.2 Å². The van der Waals surface area contributed by atoms with Crippen LogP contribution in [0.3, 0.4) is 0 Å². The van der Waals surface area contributed by atoms with Crippen LogP contribution in [0, 0.1) is 0 Å². The third-order valence-electron chi connectivity index (χ3n) is 3.75. The topological polar surface area (TPSA) is 83.9 Å². The van der Waals surface area contributed by atoms with Gasteiger partial charge in [-0.1, -0.05) is 24.3 Å². The van der Waals surface area contributed by atoms with E-state index in [1.165, 1.54) is 18.1 Å². The number of methoxy groups -OCH3 is 1. The maximum atomic E-state index is 12.3. The number of benzene rings is 2. The van der Waals surface area contributed by atoms with Gasteiger partial charge in [-0.15, -0.1) is 0 Å². The molecule has 6 heteroatoms. The van der Waals surface area contributed by atoms with E-state index in [9.17, 15) is 19.5 Å². The van der Waals surface area contributed by atoms with E-state index in [0.717, 1.165) is 0 Å². The summed E-state index contributed by atoms with van der Waals surface area (Å²) in [5.41, 5.74) is 1.18. The van der Waals surface area contributed by atoms with Crippen LogP contribution >= 0.6 is 0 Å². The average Bonchev–Trinajstić information content (AvgIpc) is 2.80. The molecule has 0 radical (unpaired) electrons. The Morgan fingerprint density at radius 1 is 1.13 bits per heavy atom. The molecule has 1 amide bonds. The van der Waals surface area contributed by atoms with E-state index in [0.29, 0.717) is 17.0 Å². The first-order chi connectivity index (χ1) is 11.0. The van der Waals surface area contributed by atoms with Gasteiger partial charge in [-0.05, 0) is 23.8 Å². The summed E-state index contributed by atoms with van der Waals surface area (Å²) in [5.74, 6) is -2.00. The highest BCUT2D eigenvalue weighted by Gasteiger charge is 2.38. The number of carboxylic acid groups (broad SMARTS) is 1. The number of anilines is 1. The molecule has 0 atom stereocenters. The Hall–Kier alpha value is -3.15. The number of rotatable bonds is 4. The zero-order chi connectivity index (χ0) is 16.6. The highest BCUT2D eigenvalue weighted by molar-refractivity contribution is 6.52. The predicted octanol–water partition coefficient (Wildman–Crippen LogP) is 2.12. The number of fused-ring (bicyclic) bond motifs is 1. The van der Waals surface area contributed by atoms with E-state index in [-0.39, 0.29) is 17.7 Å². The van der Waals surface area contributed by atoms with E-state index in [2.05, 4.69) is 0 Å². The van der Waals surface area contributed by atoms with Gasteiger partial charge < -0.3 is 9.84 Å². The Labute approximate surface area is 131 Å². The number of carbonyl (C=O) groups is 3. The number of amides is 1. The molecule has 0 aliphatic carbocycles. The van der Waals surface area contributed by atoms with Gasteiger partial charge in [0.1, 0.15) is 5.75 Å². The number of aromatic carboxylic acids is 1. The minimum absolute atomic E-state index is 0.0135. The van der Waals surface area contributed by atoms with Crippen LogP contribution in [0.1, 0.15) is 26.3 Å². The van der Waals surface area contributed by atoms with Gasteiger partial charge in [0.25, 0.3) is 11.7 Å². The second kappa shape index (κ2) is 5.57. The molecule has 1 heterocycles. The van der Waals surface area contributed by atoms with Crippen molar-refractivity contribution in [1.29, 1.82) is 0 Å². The molecule has 1 aliphatic heterocycles. The first-order valence-electron chi connectivity index (χ1n) is 6.89. The van der Waals surface area contributed by atoms with Gasteiger partial charge in [-0.3, -0.25) is 14.5 Å². The smallest absolute Gasteiger partial charge is 0.336 e. The number of Topliss-reactive ketones (excluding diaryl/α,β-unsaturated/α-hetero) is 1. The summed E-state index contributed by atoms with van der Waals surface area (Å²) < 4.78 is 5.24. The fourth-order valence-corrected chi connectivity index (χ4v) is 2.68. The fraction of sp³-hybridized carbons (Fsp3) is 0.118. The number of hydrogen-bond donors (Lipinski definition) is 1. The van der Waals surface area contributed by atoms with Gasteiger partial charge in [0.15, 0.2) is 0 Å². The predicted molar refractivity (Wildman–Crippen MR) is 81.9 cm³/mol. The van der Waals surface area contributed by atoms with Crippen LogP contribution in [-0.2, 0) is 11.3 Å². The maximum Gasteiger partial charge on any atom is 0.336 e. The van der Waals surface area contributed by atoms with Crippen LogP contribution in [0.5, 0.6) is 5.75 Å². The van der Waals surface area contributed by atoms with Crippen LogP contribution < -0.4 is 9.64 Å². The van der Waals surface area contributed by atoms with E-state index in [1.54, 1.807) is 36.4 Å². The molecular formula is C17H13NO5. The van der Waals surface area contributed by atoms with Crippen molar-refractivity contribution >= 4 is 23.3 Å². The lowest BCUT2D eigenvalue weighted by Gasteiger charge is -2.19. The molecule has 2 aromatic rings. The molecule has 0 fully saturated rings. The lowest BCUT2D eigenvalue weighted by Crippen LogP contribution is -2.30. The molecule has 2 aromatic carbocycles. The quantitative estimate of drug-likeness (QED) is 0.874. The fourth-order valence-electron chi connectivity index (χ4n) is 2.68. The number of para-hydroxylation sites is 1. The summed E-state index contributed by atoms with van der Waals surface area (Å²) in [6.07, 6.45) is 0. The van der Waals surface area contributed by atoms with E-state index >= 15 is 0 Å². The van der Waals surface area contributed by atoms with Crippen LogP contribution in [0.15, 0.2) is 42.5 Å². The van der Waals surface area contributed by atoms with Gasteiger partial charge in [0.2, 0.25) is 0 Å². The lowest BCUT2D eigenvalue weighted by molar-refractivity contribution is -0.114. The number of hydrogen-bond acceptors (Lipinski definition) is 4. The van der Waals surface area contributed by atoms with Gasteiger partial charge in [0, 0.05) is 0 Å². The molecule has 0 unspecified atom stereocenters. The van der Waals surface area contributed by atoms with Crippen molar-refractivity contribution in [3.63, 3.8) is 0 Å². The molecule has 1 N–H and O–H groups in total. The molecule has 6 nitrogen and oxygen atoms in total. The van der Waals surface area contributed by atoms with Crippen molar-refractivity contribution < 1.29 is 24.2 Å². The van der Waals surface area contributed by atoms with Gasteiger partial charge in [-0.25, -0.2) is 4.79 Å². The number of ketones is 1. The molecule has 3 rings (SSSR count). The van der Waals surface area contributed by atoms with Crippen molar-refractivity contribution in [2.75, 3.05) is 12.0 Å². The van der Waals surface area contributed by atoms with Crippen LogP contribution in [-0.4, -0.2) is 29.9 Å². The van der Waals surface area contributed by atoms with Gasteiger partial charge >= 0.3 is 5.97 Å². The summed E-state index contributed by atoms with van der Waals surface area (Å²) >= 11 is 0. The highest BCUT2D eigenvalue weighted by Crippen LogP contribution is 2.38. The second-order valence-electron chi connectivity index (χ2n) is 5.04. The van der Waals surface area contributed by atoms with E-state index in [1.807, 2.05) is 0 Å². The molecule has 0 spiro atoms. The summed E-state index contributed by atoms with van der Waals surface area (Å²) in [4.78, 5) is 37.0. The van der Waals surface area contributed by atoms with Crippen LogP contribution in [0.4, 0.5) is 5.69 Å². The van der Waals surface area contributed by atoms with Gasteiger partial charge in [-0.2, -0.15) is 0 Å². The third kappa shape index (κ3) is 2.34. The molecule has 0 bridgehead atoms. The summed E-state index contributed by atoms with van der Waals surface area (Å²) in [5, 5.41) is 9.26. The molecular weight excluding hydrogens is 298 g/mol. The van der Waals surface area contributed by atoms with Gasteiger partial charge in [0.05, 0.1) is 30.5 Å². The first kappa shape index (κ1) is 14.8. The van der Waals surface area contributed by atoms with Crippen molar-refractivity contribution in [3.8, 4) is 5.75 Å². The molecule has 116 valence electrons. The Bertz CT molecular complexity index is 827. The summed E-state index contributed by atoms with van der Waals surface area (Å²) in [6, 6.07) is 11.2. The number of carbonyl (C=O) groups excluding carboxylic acids is 2. The molecule has 23 heavy (non-hydrogen) atoms. The lowest BCUT2D eigenvalue weighted by atomic mass is 10.1. The molecule has 0 saturated heterocycles. The molecule has 1 aliphatic rings. The third-order valence-corrected chi connectivity index (χ3v) is 3.75. The van der Waals surface area contributed by atoms with E-state index < -0.39 is 17.7 Å². The Morgan fingerprint density at radius 2 is 1.87 bits per heavy atom. The maximum absolute atomic E-state index is 12.3. The van der Waals surface area contributed by atoms with Crippen molar-refractivity contribution in [1.82, 2.24) is 0 Å². The average molecular weight is 311 g/mol. The Kier molecular flexibility index (Phi) is 3.57. The van der Waals surface area contributed by atoms with Crippen LogP contribution in [0.25, 0.3) is 0 Å². The molecule has 0 aromatic heterocycles. The van der Waals surface area contributed by atoms with Crippen molar-refractivity contribution in [2.24, 2.45) is 0 Å². The SMILES string of the molecule is COc1cccc2c1N(Cc1ccccc1C(=O)O)C(=O)C2=O. The van der Waals surface area contributed by atoms with Crippen molar-refractivity contribution in [2.45, 2.75) is 6.54 Å². The first-order valence-corrected chi connectivity index (χ1v) is 6.89. The standard InChI is InChI=1S/C17H13NO5/c1-23-13-8-4-7-12-14(13)18(16(20)15(12)19)9-10-5-2-3-6-11(10)17(21)22/h2-8H,9H2,1H3,(H,21,22). The largest absolute Gasteiger partial charge is 0.495 e. The minimum Gasteiger partial charge on any atom is -0.495 e. The highest BCUT2D eigenvalue weighted by atomic mass is 16.5. The van der Waals surface area contributed by atoms with Crippen LogP contribution in [0.2, 0.25) is 0 Å². The zero-order valence-electron chi connectivity index (χ0n) is 12.3. The summed E-state index contributed by atoms with van der Waals surface area (Å²) in [7, 11) is 1.45. The monoisotopic (exact) mass is 311 g/mol. The molecule has 0 saturated carbocycles.